The normalized spacial score (nSPS) is 10.2. The highest BCUT2D eigenvalue weighted by molar-refractivity contribution is 6.30. The van der Waals surface area contributed by atoms with Gasteiger partial charge < -0.3 is 10.7 Å². The van der Waals surface area contributed by atoms with Crippen LogP contribution in [0.25, 0.3) is 0 Å². The van der Waals surface area contributed by atoms with Gasteiger partial charge in [0.05, 0.1) is 0 Å². The standard InChI is InChI=1S/C13H10ClF2N3O/c14-8-2-1-3-9(6-8)18-13(20)7-4-10(15)12(19-17)11(16)5-7/h1-6,19H,17H2,(H,18,20). The minimum Gasteiger partial charge on any atom is -0.322 e. The lowest BCUT2D eigenvalue weighted by Gasteiger charge is -2.08. The Bertz CT molecular complexity index is 641. The van der Waals surface area contributed by atoms with Crippen molar-refractivity contribution in [3.8, 4) is 0 Å². The molecule has 4 nitrogen and oxygen atoms in total. The fourth-order valence-corrected chi connectivity index (χ4v) is 1.80. The molecule has 2 aromatic carbocycles. The Kier molecular flexibility index (Phi) is 4.16. The lowest BCUT2D eigenvalue weighted by atomic mass is 10.1. The van der Waals surface area contributed by atoms with E-state index in [1.54, 1.807) is 18.2 Å². The highest BCUT2D eigenvalue weighted by Crippen LogP contribution is 2.21. The van der Waals surface area contributed by atoms with Gasteiger partial charge in [0.2, 0.25) is 0 Å². The van der Waals surface area contributed by atoms with E-state index in [0.29, 0.717) is 10.7 Å². The Hall–Kier alpha value is -2.18. The molecule has 104 valence electrons. The lowest BCUT2D eigenvalue weighted by Crippen LogP contribution is -2.15. The summed E-state index contributed by atoms with van der Waals surface area (Å²) < 4.78 is 27.0. The zero-order valence-corrected chi connectivity index (χ0v) is 10.8. The Balaban J connectivity index is 2.26. The van der Waals surface area contributed by atoms with E-state index in [4.69, 9.17) is 17.4 Å². The SMILES string of the molecule is NNc1c(F)cc(C(=O)Nc2cccc(Cl)c2)cc1F. The van der Waals surface area contributed by atoms with E-state index in [-0.39, 0.29) is 5.56 Å². The van der Waals surface area contributed by atoms with Crippen LogP contribution in [-0.2, 0) is 0 Å². The molecule has 0 heterocycles. The van der Waals surface area contributed by atoms with Crippen LogP contribution in [0.4, 0.5) is 20.2 Å². The van der Waals surface area contributed by atoms with Gasteiger partial charge in [-0.1, -0.05) is 17.7 Å². The van der Waals surface area contributed by atoms with Crippen molar-refractivity contribution in [3.05, 3.63) is 58.6 Å². The molecule has 7 heteroatoms. The average Bonchev–Trinajstić information content (AvgIpc) is 2.38. The number of halogens is 3. The minimum absolute atomic E-state index is 0.168. The molecule has 0 aliphatic carbocycles. The van der Waals surface area contributed by atoms with E-state index in [2.05, 4.69) is 5.32 Å². The van der Waals surface area contributed by atoms with Crippen molar-refractivity contribution in [2.75, 3.05) is 10.7 Å². The third-order valence-corrected chi connectivity index (χ3v) is 2.77. The minimum atomic E-state index is -0.955. The van der Waals surface area contributed by atoms with Crippen molar-refractivity contribution in [1.29, 1.82) is 0 Å². The molecule has 2 rings (SSSR count). The summed E-state index contributed by atoms with van der Waals surface area (Å²) in [5.41, 5.74) is 1.64. The molecule has 0 bridgehead atoms. The van der Waals surface area contributed by atoms with E-state index in [9.17, 15) is 13.6 Å². The van der Waals surface area contributed by atoms with Gasteiger partial charge in [0.25, 0.3) is 5.91 Å². The first kappa shape index (κ1) is 14.2. The van der Waals surface area contributed by atoms with Crippen molar-refractivity contribution in [3.63, 3.8) is 0 Å². The van der Waals surface area contributed by atoms with E-state index in [1.807, 2.05) is 5.43 Å². The van der Waals surface area contributed by atoms with Gasteiger partial charge in [-0.15, -0.1) is 0 Å². The quantitative estimate of drug-likeness (QED) is 0.602. The molecule has 0 spiro atoms. The summed E-state index contributed by atoms with van der Waals surface area (Å²) in [6, 6.07) is 8.17. The van der Waals surface area contributed by atoms with Crippen LogP contribution in [0.1, 0.15) is 10.4 Å². The second kappa shape index (κ2) is 5.85. The molecule has 0 saturated carbocycles. The van der Waals surface area contributed by atoms with Gasteiger partial charge >= 0.3 is 0 Å². The molecule has 1 amide bonds. The third-order valence-electron chi connectivity index (χ3n) is 2.53. The highest BCUT2D eigenvalue weighted by atomic mass is 35.5. The fraction of sp³-hybridized carbons (Fsp3) is 0. The predicted molar refractivity (Wildman–Crippen MR) is 73.6 cm³/mol. The zero-order valence-electron chi connectivity index (χ0n) is 10.1. The van der Waals surface area contributed by atoms with E-state index in [1.165, 1.54) is 6.07 Å². The number of amides is 1. The van der Waals surface area contributed by atoms with Crippen LogP contribution >= 0.6 is 11.6 Å². The molecule has 0 unspecified atom stereocenters. The molecule has 20 heavy (non-hydrogen) atoms. The Morgan fingerprint density at radius 3 is 2.35 bits per heavy atom. The van der Waals surface area contributed by atoms with Gasteiger partial charge in [0.1, 0.15) is 5.69 Å². The third kappa shape index (κ3) is 3.04. The Morgan fingerprint density at radius 1 is 1.15 bits per heavy atom. The van der Waals surface area contributed by atoms with E-state index < -0.39 is 23.2 Å². The molecule has 0 aromatic heterocycles. The summed E-state index contributed by atoms with van der Waals surface area (Å²) in [6.07, 6.45) is 0. The molecule has 0 atom stereocenters. The molecular weight excluding hydrogens is 288 g/mol. The van der Waals surface area contributed by atoms with E-state index >= 15 is 0 Å². The molecule has 0 fully saturated rings. The van der Waals surface area contributed by atoms with Crippen molar-refractivity contribution in [2.45, 2.75) is 0 Å². The second-order valence-electron chi connectivity index (χ2n) is 3.92. The van der Waals surface area contributed by atoms with Crippen molar-refractivity contribution in [2.24, 2.45) is 5.84 Å². The summed E-state index contributed by atoms with van der Waals surface area (Å²) >= 11 is 5.77. The van der Waals surface area contributed by atoms with Crippen LogP contribution in [0.15, 0.2) is 36.4 Å². The number of carbonyl (C=O) groups excluding carboxylic acids is 1. The lowest BCUT2D eigenvalue weighted by molar-refractivity contribution is 0.102. The largest absolute Gasteiger partial charge is 0.322 e. The summed E-state index contributed by atoms with van der Waals surface area (Å²) in [6.45, 7) is 0. The van der Waals surface area contributed by atoms with Crippen LogP contribution in [0.3, 0.4) is 0 Å². The second-order valence-corrected chi connectivity index (χ2v) is 4.36. The summed E-state index contributed by atoms with van der Waals surface area (Å²) in [5, 5.41) is 2.92. The first-order valence-corrected chi connectivity index (χ1v) is 5.91. The first-order chi connectivity index (χ1) is 9.51. The first-order valence-electron chi connectivity index (χ1n) is 5.54. The van der Waals surface area contributed by atoms with Gasteiger partial charge in [0.15, 0.2) is 11.6 Å². The maximum absolute atomic E-state index is 13.5. The van der Waals surface area contributed by atoms with Gasteiger partial charge in [-0.05, 0) is 30.3 Å². The van der Waals surface area contributed by atoms with Gasteiger partial charge in [-0.3, -0.25) is 10.6 Å². The van der Waals surface area contributed by atoms with Crippen LogP contribution in [-0.4, -0.2) is 5.91 Å². The van der Waals surface area contributed by atoms with Crippen molar-refractivity contribution in [1.82, 2.24) is 0 Å². The zero-order chi connectivity index (χ0) is 14.7. The number of nitrogens with one attached hydrogen (secondary N) is 2. The number of nitrogen functional groups attached to an aromatic ring is 1. The number of benzene rings is 2. The summed E-state index contributed by atoms with van der Waals surface area (Å²) in [5.74, 6) is 2.40. The smallest absolute Gasteiger partial charge is 0.255 e. The number of hydrogen-bond donors (Lipinski definition) is 3. The Labute approximate surface area is 118 Å². The number of nitrogens with two attached hydrogens (primary N) is 1. The predicted octanol–water partition coefficient (Wildman–Crippen LogP) is 3.16. The van der Waals surface area contributed by atoms with Gasteiger partial charge in [0, 0.05) is 16.3 Å². The average molecular weight is 298 g/mol. The van der Waals surface area contributed by atoms with Crippen LogP contribution in [0.5, 0.6) is 0 Å². The van der Waals surface area contributed by atoms with Gasteiger partial charge in [-0.25, -0.2) is 8.78 Å². The highest BCUT2D eigenvalue weighted by Gasteiger charge is 2.14. The Morgan fingerprint density at radius 2 is 1.80 bits per heavy atom. The number of anilines is 2. The molecule has 4 N–H and O–H groups in total. The summed E-state index contributed by atoms with van der Waals surface area (Å²) in [4.78, 5) is 11.9. The molecular formula is C13H10ClF2N3O. The molecule has 2 aromatic rings. The van der Waals surface area contributed by atoms with Crippen molar-refractivity contribution >= 4 is 28.9 Å². The molecule has 0 radical (unpaired) electrons. The number of hydrogen-bond acceptors (Lipinski definition) is 3. The number of carbonyl (C=O) groups is 1. The monoisotopic (exact) mass is 297 g/mol. The maximum atomic E-state index is 13.5. The van der Waals surface area contributed by atoms with Crippen molar-refractivity contribution < 1.29 is 13.6 Å². The number of rotatable bonds is 3. The fourth-order valence-electron chi connectivity index (χ4n) is 1.61. The molecule has 0 aliphatic heterocycles. The molecule has 0 aliphatic rings. The maximum Gasteiger partial charge on any atom is 0.255 e. The topological polar surface area (TPSA) is 67.1 Å². The molecule has 0 saturated heterocycles. The number of hydrazine groups is 1. The van der Waals surface area contributed by atoms with E-state index in [0.717, 1.165) is 12.1 Å². The summed E-state index contributed by atoms with van der Waals surface area (Å²) in [7, 11) is 0. The van der Waals surface area contributed by atoms with Gasteiger partial charge in [-0.2, -0.15) is 0 Å². The van der Waals surface area contributed by atoms with Crippen LogP contribution < -0.4 is 16.6 Å². The van der Waals surface area contributed by atoms with Crippen LogP contribution in [0, 0.1) is 11.6 Å². The van der Waals surface area contributed by atoms with Crippen LogP contribution in [0.2, 0.25) is 5.02 Å².